The van der Waals surface area contributed by atoms with Crippen molar-refractivity contribution in [3.8, 4) is 0 Å². The third kappa shape index (κ3) is 4.39. The second-order valence-corrected chi connectivity index (χ2v) is 6.11. The summed E-state index contributed by atoms with van der Waals surface area (Å²) in [7, 11) is 4.15. The van der Waals surface area contributed by atoms with E-state index in [0.717, 1.165) is 18.7 Å². The Morgan fingerprint density at radius 2 is 2.00 bits per heavy atom. The van der Waals surface area contributed by atoms with Gasteiger partial charge in [0, 0.05) is 18.0 Å². The molecular weight excluding hydrogens is 284 g/mol. The third-order valence-electron chi connectivity index (χ3n) is 3.36. The van der Waals surface area contributed by atoms with Gasteiger partial charge in [-0.05, 0) is 43.2 Å². The van der Waals surface area contributed by atoms with Gasteiger partial charge >= 0.3 is 5.97 Å². The molecule has 112 valence electrons. The Kier molecular flexibility index (Phi) is 5.50. The molecule has 1 unspecified atom stereocenters. The lowest BCUT2D eigenvalue weighted by Crippen LogP contribution is -2.30. The van der Waals surface area contributed by atoms with Crippen molar-refractivity contribution in [1.29, 1.82) is 0 Å². The Bertz CT molecular complexity index is 564. The van der Waals surface area contributed by atoms with Gasteiger partial charge in [0.15, 0.2) is 0 Å². The molecule has 0 aliphatic rings. The SMILES string of the molecule is CN(C)C(CNCc1ccc(C(=O)O)cc1)c1cccs1. The number of hydrogen-bond donors (Lipinski definition) is 2. The van der Waals surface area contributed by atoms with Gasteiger partial charge in [0.05, 0.1) is 11.6 Å². The summed E-state index contributed by atoms with van der Waals surface area (Å²) in [5.74, 6) is -0.889. The number of nitrogens with zero attached hydrogens (tertiary/aromatic N) is 1. The van der Waals surface area contributed by atoms with E-state index < -0.39 is 5.97 Å². The lowest BCUT2D eigenvalue weighted by Gasteiger charge is -2.23. The Morgan fingerprint density at radius 3 is 2.52 bits per heavy atom. The number of benzene rings is 1. The molecule has 2 N–H and O–H groups in total. The van der Waals surface area contributed by atoms with Crippen LogP contribution in [0.5, 0.6) is 0 Å². The molecule has 4 nitrogen and oxygen atoms in total. The van der Waals surface area contributed by atoms with E-state index in [1.54, 1.807) is 23.5 Å². The molecule has 0 spiro atoms. The average molecular weight is 304 g/mol. The Hall–Kier alpha value is -1.69. The van der Waals surface area contributed by atoms with Gasteiger partial charge in [-0.25, -0.2) is 4.79 Å². The van der Waals surface area contributed by atoms with Crippen LogP contribution in [0, 0.1) is 0 Å². The molecular formula is C16H20N2O2S. The summed E-state index contributed by atoms with van der Waals surface area (Å²) in [5, 5.41) is 14.4. The van der Waals surface area contributed by atoms with E-state index in [1.807, 2.05) is 12.1 Å². The van der Waals surface area contributed by atoms with Crippen molar-refractivity contribution in [2.45, 2.75) is 12.6 Å². The van der Waals surface area contributed by atoms with E-state index in [9.17, 15) is 4.79 Å². The van der Waals surface area contributed by atoms with Crippen LogP contribution in [0.1, 0.15) is 26.8 Å². The second-order valence-electron chi connectivity index (χ2n) is 5.13. The van der Waals surface area contributed by atoms with Crippen LogP contribution in [0.15, 0.2) is 41.8 Å². The van der Waals surface area contributed by atoms with Crippen molar-refractivity contribution >= 4 is 17.3 Å². The topological polar surface area (TPSA) is 52.6 Å². The van der Waals surface area contributed by atoms with Crippen LogP contribution in [-0.4, -0.2) is 36.6 Å². The molecule has 0 amide bonds. The minimum Gasteiger partial charge on any atom is -0.478 e. The third-order valence-corrected chi connectivity index (χ3v) is 4.34. The van der Waals surface area contributed by atoms with Crippen molar-refractivity contribution < 1.29 is 9.90 Å². The molecule has 1 heterocycles. The molecule has 0 aliphatic carbocycles. The molecule has 0 radical (unpaired) electrons. The highest BCUT2D eigenvalue weighted by Crippen LogP contribution is 2.22. The fourth-order valence-corrected chi connectivity index (χ4v) is 3.06. The van der Waals surface area contributed by atoms with Crippen molar-refractivity contribution in [3.63, 3.8) is 0 Å². The van der Waals surface area contributed by atoms with Gasteiger partial charge in [0.2, 0.25) is 0 Å². The van der Waals surface area contributed by atoms with Crippen LogP contribution in [-0.2, 0) is 6.54 Å². The first-order chi connectivity index (χ1) is 10.1. The van der Waals surface area contributed by atoms with Crippen LogP contribution in [0.4, 0.5) is 0 Å². The summed E-state index contributed by atoms with van der Waals surface area (Å²) in [6, 6.07) is 11.6. The molecule has 1 aromatic carbocycles. The van der Waals surface area contributed by atoms with Crippen molar-refractivity contribution in [2.75, 3.05) is 20.6 Å². The minimum absolute atomic E-state index is 0.323. The Labute approximate surface area is 129 Å². The molecule has 1 atom stereocenters. The number of carbonyl (C=O) groups is 1. The van der Waals surface area contributed by atoms with Gasteiger partial charge in [0.25, 0.3) is 0 Å². The highest BCUT2D eigenvalue weighted by molar-refractivity contribution is 7.10. The summed E-state index contributed by atoms with van der Waals surface area (Å²) < 4.78 is 0. The lowest BCUT2D eigenvalue weighted by atomic mass is 10.1. The summed E-state index contributed by atoms with van der Waals surface area (Å²) in [6.07, 6.45) is 0. The van der Waals surface area contributed by atoms with Gasteiger partial charge in [0.1, 0.15) is 0 Å². The fraction of sp³-hybridized carbons (Fsp3) is 0.312. The molecule has 0 aliphatic heterocycles. The largest absolute Gasteiger partial charge is 0.478 e. The highest BCUT2D eigenvalue weighted by atomic mass is 32.1. The van der Waals surface area contributed by atoms with Crippen LogP contribution < -0.4 is 5.32 Å². The lowest BCUT2D eigenvalue weighted by molar-refractivity contribution is 0.0697. The zero-order chi connectivity index (χ0) is 15.2. The first-order valence-electron chi connectivity index (χ1n) is 6.80. The van der Waals surface area contributed by atoms with Crippen molar-refractivity contribution in [1.82, 2.24) is 10.2 Å². The standard InChI is InChI=1S/C16H20N2O2S/c1-18(2)14(15-4-3-9-21-15)11-17-10-12-5-7-13(8-6-12)16(19)20/h3-9,14,17H,10-11H2,1-2H3,(H,19,20). The number of thiophene rings is 1. The van der Waals surface area contributed by atoms with E-state index >= 15 is 0 Å². The van der Waals surface area contributed by atoms with Crippen molar-refractivity contribution in [2.24, 2.45) is 0 Å². The second kappa shape index (κ2) is 7.36. The maximum absolute atomic E-state index is 10.8. The number of rotatable bonds is 7. The number of nitrogens with one attached hydrogen (secondary N) is 1. The molecule has 0 saturated heterocycles. The number of aromatic carboxylic acids is 1. The summed E-state index contributed by atoms with van der Waals surface area (Å²) in [4.78, 5) is 14.3. The van der Waals surface area contributed by atoms with Crippen molar-refractivity contribution in [3.05, 3.63) is 57.8 Å². The van der Waals surface area contributed by atoms with E-state index in [2.05, 4.69) is 41.8 Å². The van der Waals surface area contributed by atoms with E-state index in [0.29, 0.717) is 11.6 Å². The zero-order valence-electron chi connectivity index (χ0n) is 12.2. The number of hydrogen-bond acceptors (Lipinski definition) is 4. The van der Waals surface area contributed by atoms with Crippen LogP contribution in [0.25, 0.3) is 0 Å². The molecule has 0 bridgehead atoms. The normalized spacial score (nSPS) is 12.5. The molecule has 2 rings (SSSR count). The highest BCUT2D eigenvalue weighted by Gasteiger charge is 2.14. The van der Waals surface area contributed by atoms with Crippen LogP contribution >= 0.6 is 11.3 Å². The quantitative estimate of drug-likeness (QED) is 0.826. The predicted molar refractivity (Wildman–Crippen MR) is 85.9 cm³/mol. The van der Waals surface area contributed by atoms with Gasteiger partial charge in [-0.2, -0.15) is 0 Å². The fourth-order valence-electron chi connectivity index (χ4n) is 2.14. The van der Waals surface area contributed by atoms with Gasteiger partial charge < -0.3 is 15.3 Å². The zero-order valence-corrected chi connectivity index (χ0v) is 13.1. The molecule has 0 fully saturated rings. The molecule has 5 heteroatoms. The van der Waals surface area contributed by atoms with Gasteiger partial charge in [-0.15, -0.1) is 11.3 Å². The Morgan fingerprint density at radius 1 is 1.29 bits per heavy atom. The minimum atomic E-state index is -0.889. The summed E-state index contributed by atoms with van der Waals surface area (Å²) in [6.45, 7) is 1.59. The van der Waals surface area contributed by atoms with Crippen LogP contribution in [0.2, 0.25) is 0 Å². The maximum atomic E-state index is 10.8. The van der Waals surface area contributed by atoms with Gasteiger partial charge in [-0.3, -0.25) is 0 Å². The molecule has 1 aromatic heterocycles. The summed E-state index contributed by atoms with van der Waals surface area (Å²) >= 11 is 1.76. The number of likely N-dealkylation sites (N-methyl/N-ethyl adjacent to an activating group) is 1. The molecule has 21 heavy (non-hydrogen) atoms. The van der Waals surface area contributed by atoms with E-state index in [1.165, 1.54) is 4.88 Å². The smallest absolute Gasteiger partial charge is 0.335 e. The summed E-state index contributed by atoms with van der Waals surface area (Å²) in [5.41, 5.74) is 1.41. The molecule has 0 saturated carbocycles. The first kappa shape index (κ1) is 15.7. The number of carboxylic acid groups (broad SMARTS) is 1. The predicted octanol–water partition coefficient (Wildman–Crippen LogP) is 2.84. The van der Waals surface area contributed by atoms with E-state index in [-0.39, 0.29) is 0 Å². The maximum Gasteiger partial charge on any atom is 0.335 e. The Balaban J connectivity index is 1.89. The number of carboxylic acids is 1. The van der Waals surface area contributed by atoms with Gasteiger partial charge in [-0.1, -0.05) is 18.2 Å². The average Bonchev–Trinajstić information content (AvgIpc) is 2.97. The first-order valence-corrected chi connectivity index (χ1v) is 7.68. The monoisotopic (exact) mass is 304 g/mol. The van der Waals surface area contributed by atoms with E-state index in [4.69, 9.17) is 5.11 Å². The van der Waals surface area contributed by atoms with Crippen LogP contribution in [0.3, 0.4) is 0 Å². The molecule has 2 aromatic rings.